The molecule has 1 unspecified atom stereocenters. The average molecular weight is 360 g/mol. The SMILES string of the molecule is Cc1ccnc(N2CCN(Cc3ccccc3)CC2C)c1Br. The highest BCUT2D eigenvalue weighted by Gasteiger charge is 2.26. The summed E-state index contributed by atoms with van der Waals surface area (Å²) in [6, 6.07) is 13.2. The van der Waals surface area contributed by atoms with E-state index in [2.05, 4.69) is 74.9 Å². The molecule has 4 heteroatoms. The molecule has 0 N–H and O–H groups in total. The van der Waals surface area contributed by atoms with Crippen LogP contribution in [0.5, 0.6) is 0 Å². The van der Waals surface area contributed by atoms with E-state index in [0.29, 0.717) is 6.04 Å². The molecule has 1 atom stereocenters. The van der Waals surface area contributed by atoms with Crippen LogP contribution in [-0.2, 0) is 6.54 Å². The molecule has 0 spiro atoms. The molecule has 1 aromatic carbocycles. The van der Waals surface area contributed by atoms with Gasteiger partial charge >= 0.3 is 0 Å². The van der Waals surface area contributed by atoms with Crippen LogP contribution in [0.1, 0.15) is 18.1 Å². The van der Waals surface area contributed by atoms with Gasteiger partial charge in [0.25, 0.3) is 0 Å². The van der Waals surface area contributed by atoms with Gasteiger partial charge in [0, 0.05) is 38.4 Å². The number of hydrogen-bond donors (Lipinski definition) is 0. The van der Waals surface area contributed by atoms with Crippen molar-refractivity contribution in [3.05, 3.63) is 58.2 Å². The number of aryl methyl sites for hydroxylation is 1. The Bertz CT molecular complexity index is 629. The van der Waals surface area contributed by atoms with Crippen molar-refractivity contribution in [3.8, 4) is 0 Å². The number of nitrogens with zero attached hydrogens (tertiary/aromatic N) is 3. The Balaban J connectivity index is 1.69. The topological polar surface area (TPSA) is 19.4 Å². The third-order valence-corrected chi connectivity index (χ3v) is 5.28. The molecule has 3 nitrogen and oxygen atoms in total. The van der Waals surface area contributed by atoms with Crippen molar-refractivity contribution < 1.29 is 0 Å². The fraction of sp³-hybridized carbons (Fsp3) is 0.389. The van der Waals surface area contributed by atoms with Crippen LogP contribution in [0, 0.1) is 6.92 Å². The van der Waals surface area contributed by atoms with E-state index >= 15 is 0 Å². The molecule has 1 saturated heterocycles. The second kappa shape index (κ2) is 6.80. The Labute approximate surface area is 141 Å². The zero-order chi connectivity index (χ0) is 15.5. The van der Waals surface area contributed by atoms with E-state index in [0.717, 1.165) is 36.5 Å². The molecule has 1 aliphatic rings. The molecule has 1 fully saturated rings. The van der Waals surface area contributed by atoms with Crippen molar-refractivity contribution in [1.82, 2.24) is 9.88 Å². The van der Waals surface area contributed by atoms with Crippen LogP contribution < -0.4 is 4.90 Å². The van der Waals surface area contributed by atoms with Crippen LogP contribution in [0.25, 0.3) is 0 Å². The lowest BCUT2D eigenvalue weighted by atomic mass is 10.1. The van der Waals surface area contributed by atoms with Crippen LogP contribution in [0.3, 0.4) is 0 Å². The smallest absolute Gasteiger partial charge is 0.143 e. The molecule has 22 heavy (non-hydrogen) atoms. The molecule has 0 bridgehead atoms. The minimum atomic E-state index is 0.461. The van der Waals surface area contributed by atoms with Crippen LogP contribution in [-0.4, -0.2) is 35.6 Å². The summed E-state index contributed by atoms with van der Waals surface area (Å²) in [6.07, 6.45) is 1.90. The van der Waals surface area contributed by atoms with Gasteiger partial charge in [0.2, 0.25) is 0 Å². The minimum Gasteiger partial charge on any atom is -0.350 e. The maximum atomic E-state index is 4.58. The summed E-state index contributed by atoms with van der Waals surface area (Å²) in [6.45, 7) is 8.59. The number of halogens is 1. The van der Waals surface area contributed by atoms with Crippen molar-refractivity contribution in [3.63, 3.8) is 0 Å². The number of pyridine rings is 1. The highest BCUT2D eigenvalue weighted by Crippen LogP contribution is 2.29. The lowest BCUT2D eigenvalue weighted by Crippen LogP contribution is -2.52. The van der Waals surface area contributed by atoms with E-state index in [1.807, 2.05) is 12.3 Å². The Morgan fingerprint density at radius 1 is 1.18 bits per heavy atom. The largest absolute Gasteiger partial charge is 0.350 e. The Morgan fingerprint density at radius 3 is 2.68 bits per heavy atom. The Kier molecular flexibility index (Phi) is 4.79. The summed E-state index contributed by atoms with van der Waals surface area (Å²) in [5, 5.41) is 0. The second-order valence-corrected chi connectivity index (χ2v) is 6.82. The van der Waals surface area contributed by atoms with Crippen molar-refractivity contribution in [2.45, 2.75) is 26.4 Å². The van der Waals surface area contributed by atoms with E-state index < -0.39 is 0 Å². The first kappa shape index (κ1) is 15.5. The van der Waals surface area contributed by atoms with E-state index in [9.17, 15) is 0 Å². The first-order valence-corrected chi connectivity index (χ1v) is 8.58. The molecule has 0 amide bonds. The standard InChI is InChI=1S/C18H22BrN3/c1-14-8-9-20-18(17(14)19)22-11-10-21(12-15(22)2)13-16-6-4-3-5-7-16/h3-9,15H,10-13H2,1-2H3. The van der Waals surface area contributed by atoms with Crippen LogP contribution in [0.4, 0.5) is 5.82 Å². The van der Waals surface area contributed by atoms with Gasteiger partial charge in [-0.15, -0.1) is 0 Å². The first-order chi connectivity index (χ1) is 10.6. The van der Waals surface area contributed by atoms with E-state index in [1.165, 1.54) is 11.1 Å². The van der Waals surface area contributed by atoms with Gasteiger partial charge in [-0.25, -0.2) is 4.98 Å². The van der Waals surface area contributed by atoms with Crippen LogP contribution in [0.15, 0.2) is 47.1 Å². The molecule has 2 aromatic rings. The summed E-state index contributed by atoms with van der Waals surface area (Å²) in [4.78, 5) is 9.53. The van der Waals surface area contributed by atoms with Gasteiger partial charge in [-0.2, -0.15) is 0 Å². The highest BCUT2D eigenvalue weighted by atomic mass is 79.9. The summed E-state index contributed by atoms with van der Waals surface area (Å²) < 4.78 is 1.12. The zero-order valence-electron chi connectivity index (χ0n) is 13.2. The van der Waals surface area contributed by atoms with Crippen molar-refractivity contribution in [1.29, 1.82) is 0 Å². The van der Waals surface area contributed by atoms with Crippen molar-refractivity contribution in [2.24, 2.45) is 0 Å². The van der Waals surface area contributed by atoms with Gasteiger partial charge in [0.1, 0.15) is 5.82 Å². The summed E-state index contributed by atoms with van der Waals surface area (Å²) >= 11 is 3.69. The minimum absolute atomic E-state index is 0.461. The molecular formula is C18H22BrN3. The van der Waals surface area contributed by atoms with E-state index in [4.69, 9.17) is 0 Å². The van der Waals surface area contributed by atoms with Gasteiger partial charge in [-0.05, 0) is 47.0 Å². The Hall–Kier alpha value is -1.39. The maximum Gasteiger partial charge on any atom is 0.143 e. The highest BCUT2D eigenvalue weighted by molar-refractivity contribution is 9.10. The molecule has 116 valence electrons. The van der Waals surface area contributed by atoms with E-state index in [-0.39, 0.29) is 0 Å². The molecule has 0 radical (unpaired) electrons. The molecule has 0 aliphatic carbocycles. The van der Waals surface area contributed by atoms with Crippen LogP contribution >= 0.6 is 15.9 Å². The number of aromatic nitrogens is 1. The van der Waals surface area contributed by atoms with Gasteiger partial charge in [-0.3, -0.25) is 4.90 Å². The number of benzene rings is 1. The van der Waals surface area contributed by atoms with Crippen molar-refractivity contribution >= 4 is 21.7 Å². The second-order valence-electron chi connectivity index (χ2n) is 6.03. The monoisotopic (exact) mass is 359 g/mol. The van der Waals surface area contributed by atoms with Gasteiger partial charge in [0.15, 0.2) is 0 Å². The van der Waals surface area contributed by atoms with Gasteiger partial charge in [-0.1, -0.05) is 30.3 Å². The van der Waals surface area contributed by atoms with Crippen molar-refractivity contribution in [2.75, 3.05) is 24.5 Å². The van der Waals surface area contributed by atoms with Gasteiger partial charge < -0.3 is 4.90 Å². The predicted molar refractivity (Wildman–Crippen MR) is 95.2 cm³/mol. The fourth-order valence-corrected chi connectivity index (χ4v) is 3.52. The normalized spacial score (nSPS) is 19.4. The molecule has 3 rings (SSSR count). The summed E-state index contributed by atoms with van der Waals surface area (Å²) in [5.41, 5.74) is 2.63. The summed E-state index contributed by atoms with van der Waals surface area (Å²) in [5.74, 6) is 1.08. The molecule has 1 aromatic heterocycles. The molecular weight excluding hydrogens is 338 g/mol. The number of hydrogen-bond acceptors (Lipinski definition) is 3. The zero-order valence-corrected chi connectivity index (χ0v) is 14.8. The third kappa shape index (κ3) is 3.33. The quantitative estimate of drug-likeness (QED) is 0.829. The average Bonchev–Trinajstić information content (AvgIpc) is 2.52. The molecule has 1 aliphatic heterocycles. The lowest BCUT2D eigenvalue weighted by Gasteiger charge is -2.41. The van der Waals surface area contributed by atoms with Gasteiger partial charge in [0.05, 0.1) is 4.47 Å². The lowest BCUT2D eigenvalue weighted by molar-refractivity contribution is 0.220. The number of rotatable bonds is 3. The fourth-order valence-electron chi connectivity index (χ4n) is 3.06. The first-order valence-electron chi connectivity index (χ1n) is 7.79. The maximum absolute atomic E-state index is 4.58. The van der Waals surface area contributed by atoms with Crippen LogP contribution in [0.2, 0.25) is 0 Å². The number of anilines is 1. The number of piperazine rings is 1. The summed E-state index contributed by atoms with van der Waals surface area (Å²) in [7, 11) is 0. The Morgan fingerprint density at radius 2 is 1.95 bits per heavy atom. The molecule has 2 heterocycles. The molecule has 0 saturated carbocycles. The third-order valence-electron chi connectivity index (χ3n) is 4.30. The van der Waals surface area contributed by atoms with E-state index in [1.54, 1.807) is 0 Å². The predicted octanol–water partition coefficient (Wildman–Crippen LogP) is 3.86.